The first-order valence-corrected chi connectivity index (χ1v) is 7.03. The van der Waals surface area contributed by atoms with Gasteiger partial charge in [0.1, 0.15) is 5.82 Å². The van der Waals surface area contributed by atoms with Crippen molar-refractivity contribution in [3.05, 3.63) is 22.4 Å². The van der Waals surface area contributed by atoms with E-state index in [2.05, 4.69) is 9.71 Å². The van der Waals surface area contributed by atoms with Crippen molar-refractivity contribution in [1.82, 2.24) is 4.98 Å². The Morgan fingerprint density at radius 1 is 1.56 bits per heavy atom. The first kappa shape index (κ1) is 12.6. The molecule has 0 aromatic carbocycles. The largest absolute Gasteiger partial charge is 0.482 e. The summed E-state index contributed by atoms with van der Waals surface area (Å²) in [5, 5.41) is 10.9. The highest BCUT2D eigenvalue weighted by atomic mass is 32.2. The monoisotopic (exact) mass is 273 g/mol. The second kappa shape index (κ2) is 4.41. The van der Waals surface area contributed by atoms with Gasteiger partial charge in [0, 0.05) is 0 Å². The molecule has 1 heterocycles. The van der Waals surface area contributed by atoms with E-state index in [-0.39, 0.29) is 23.4 Å². The number of anilines is 1. The van der Waals surface area contributed by atoms with Gasteiger partial charge in [-0.25, -0.2) is 13.4 Å². The van der Waals surface area contributed by atoms with E-state index in [9.17, 15) is 18.5 Å². The number of nitrogens with one attached hydrogen (secondary N) is 1. The van der Waals surface area contributed by atoms with Crippen LogP contribution in [0.15, 0.2) is 12.3 Å². The summed E-state index contributed by atoms with van der Waals surface area (Å²) < 4.78 is 29.4. The van der Waals surface area contributed by atoms with Crippen LogP contribution in [0.5, 0.6) is 5.75 Å². The molecule has 8 nitrogen and oxygen atoms in total. The zero-order valence-corrected chi connectivity index (χ0v) is 10.3. The molecule has 9 heteroatoms. The van der Waals surface area contributed by atoms with Gasteiger partial charge in [0.15, 0.2) is 0 Å². The third-order valence-corrected chi connectivity index (χ3v) is 2.73. The SMILES string of the molecule is CS(=O)(=O)Nc1cc([N+](=O)[O-])c(OC2CC2)cn1. The Hall–Kier alpha value is -1.90. The Labute approximate surface area is 103 Å². The number of hydrogen-bond donors (Lipinski definition) is 1. The molecule has 0 unspecified atom stereocenters. The molecule has 1 fully saturated rings. The molecule has 1 aliphatic carbocycles. The van der Waals surface area contributed by atoms with Gasteiger partial charge in [-0.05, 0) is 12.8 Å². The van der Waals surface area contributed by atoms with Crippen molar-refractivity contribution >= 4 is 21.5 Å². The molecule has 1 saturated carbocycles. The van der Waals surface area contributed by atoms with E-state index in [0.717, 1.165) is 31.4 Å². The first-order chi connectivity index (χ1) is 8.35. The summed E-state index contributed by atoms with van der Waals surface area (Å²) in [6, 6.07) is 1.04. The van der Waals surface area contributed by atoms with E-state index in [4.69, 9.17) is 4.74 Å². The zero-order chi connectivity index (χ0) is 13.3. The van der Waals surface area contributed by atoms with Crippen LogP contribution in [0.1, 0.15) is 12.8 Å². The van der Waals surface area contributed by atoms with Gasteiger partial charge in [0.25, 0.3) is 0 Å². The van der Waals surface area contributed by atoms with Crippen LogP contribution in [-0.4, -0.2) is 30.7 Å². The van der Waals surface area contributed by atoms with Gasteiger partial charge in [-0.15, -0.1) is 0 Å². The molecule has 1 aliphatic rings. The summed E-state index contributed by atoms with van der Waals surface area (Å²) >= 11 is 0. The van der Waals surface area contributed by atoms with Gasteiger partial charge in [-0.3, -0.25) is 14.8 Å². The molecule has 1 aromatic rings. The van der Waals surface area contributed by atoms with E-state index in [1.165, 1.54) is 0 Å². The normalized spacial score (nSPS) is 15.2. The Kier molecular flexibility index (Phi) is 3.07. The van der Waals surface area contributed by atoms with Crippen LogP contribution in [0.4, 0.5) is 11.5 Å². The molecule has 0 spiro atoms. The lowest BCUT2D eigenvalue weighted by Crippen LogP contribution is -2.11. The van der Waals surface area contributed by atoms with Crippen molar-refractivity contribution < 1.29 is 18.1 Å². The molecule has 0 aliphatic heterocycles. The van der Waals surface area contributed by atoms with E-state index < -0.39 is 14.9 Å². The van der Waals surface area contributed by atoms with Crippen molar-refractivity contribution in [3.8, 4) is 5.75 Å². The number of sulfonamides is 1. The van der Waals surface area contributed by atoms with Gasteiger partial charge in [0.2, 0.25) is 15.8 Å². The van der Waals surface area contributed by atoms with E-state index in [0.29, 0.717) is 0 Å². The van der Waals surface area contributed by atoms with Gasteiger partial charge in [-0.2, -0.15) is 0 Å². The summed E-state index contributed by atoms with van der Waals surface area (Å²) in [4.78, 5) is 14.0. The Morgan fingerprint density at radius 3 is 2.72 bits per heavy atom. The van der Waals surface area contributed by atoms with Gasteiger partial charge in [0.05, 0.1) is 29.5 Å². The fourth-order valence-corrected chi connectivity index (χ4v) is 1.77. The predicted octanol–water partition coefficient (Wildman–Crippen LogP) is 0.902. The van der Waals surface area contributed by atoms with Crippen LogP contribution in [0.3, 0.4) is 0 Å². The summed E-state index contributed by atoms with van der Waals surface area (Å²) in [6.45, 7) is 0. The zero-order valence-electron chi connectivity index (χ0n) is 9.49. The van der Waals surface area contributed by atoms with Crippen molar-refractivity contribution in [2.75, 3.05) is 11.0 Å². The van der Waals surface area contributed by atoms with Gasteiger partial charge in [-0.1, -0.05) is 0 Å². The molecule has 18 heavy (non-hydrogen) atoms. The minimum Gasteiger partial charge on any atom is -0.482 e. The predicted molar refractivity (Wildman–Crippen MR) is 63.0 cm³/mol. The number of aromatic nitrogens is 1. The molecule has 0 bridgehead atoms. The first-order valence-electron chi connectivity index (χ1n) is 5.14. The highest BCUT2D eigenvalue weighted by Gasteiger charge is 2.28. The molecular formula is C9H11N3O5S. The summed E-state index contributed by atoms with van der Waals surface area (Å²) in [5.74, 6) is -0.0473. The summed E-state index contributed by atoms with van der Waals surface area (Å²) in [6.07, 6.45) is 3.82. The second-order valence-corrected chi connectivity index (χ2v) is 5.73. The number of pyridine rings is 1. The van der Waals surface area contributed by atoms with E-state index in [1.807, 2.05) is 0 Å². The molecular weight excluding hydrogens is 262 g/mol. The average molecular weight is 273 g/mol. The quantitative estimate of drug-likeness (QED) is 0.630. The van der Waals surface area contributed by atoms with E-state index in [1.54, 1.807) is 0 Å². The molecule has 0 amide bonds. The van der Waals surface area contributed by atoms with Crippen LogP contribution in [0.2, 0.25) is 0 Å². The third kappa shape index (κ3) is 3.29. The number of nitrogens with zero attached hydrogens (tertiary/aromatic N) is 2. The number of rotatable bonds is 5. The molecule has 0 radical (unpaired) electrons. The van der Waals surface area contributed by atoms with Gasteiger partial charge < -0.3 is 4.74 Å². The van der Waals surface area contributed by atoms with Crippen molar-refractivity contribution in [3.63, 3.8) is 0 Å². The minimum absolute atomic E-state index is 0.000725. The number of nitro groups is 1. The van der Waals surface area contributed by atoms with Crippen molar-refractivity contribution in [1.29, 1.82) is 0 Å². The van der Waals surface area contributed by atoms with Crippen LogP contribution in [0, 0.1) is 10.1 Å². The molecule has 98 valence electrons. The minimum atomic E-state index is -3.52. The Balaban J connectivity index is 2.30. The topological polar surface area (TPSA) is 111 Å². The highest BCUT2D eigenvalue weighted by Crippen LogP contribution is 2.34. The fraction of sp³-hybridized carbons (Fsp3) is 0.444. The van der Waals surface area contributed by atoms with Crippen molar-refractivity contribution in [2.45, 2.75) is 18.9 Å². The van der Waals surface area contributed by atoms with Gasteiger partial charge >= 0.3 is 5.69 Å². The molecule has 1 aromatic heterocycles. The lowest BCUT2D eigenvalue weighted by atomic mass is 10.3. The maximum atomic E-state index is 11.0. The third-order valence-electron chi connectivity index (χ3n) is 2.15. The molecule has 0 atom stereocenters. The Bertz CT molecular complexity index is 582. The van der Waals surface area contributed by atoms with E-state index >= 15 is 0 Å². The maximum absolute atomic E-state index is 11.0. The average Bonchev–Trinajstić information content (AvgIpc) is 3.01. The second-order valence-electron chi connectivity index (χ2n) is 3.99. The maximum Gasteiger partial charge on any atom is 0.316 e. The smallest absolute Gasteiger partial charge is 0.316 e. The lowest BCUT2D eigenvalue weighted by Gasteiger charge is -2.07. The summed E-state index contributed by atoms with van der Waals surface area (Å²) in [7, 11) is -3.52. The van der Waals surface area contributed by atoms with Crippen LogP contribution >= 0.6 is 0 Å². The summed E-state index contributed by atoms with van der Waals surface area (Å²) in [5.41, 5.74) is -0.303. The van der Waals surface area contributed by atoms with Crippen LogP contribution < -0.4 is 9.46 Å². The Morgan fingerprint density at radius 2 is 2.22 bits per heavy atom. The number of hydrogen-bond acceptors (Lipinski definition) is 6. The highest BCUT2D eigenvalue weighted by molar-refractivity contribution is 7.92. The lowest BCUT2D eigenvalue weighted by molar-refractivity contribution is -0.385. The van der Waals surface area contributed by atoms with Crippen molar-refractivity contribution in [2.24, 2.45) is 0 Å². The molecule has 2 rings (SSSR count). The van der Waals surface area contributed by atoms with Crippen LogP contribution in [0.25, 0.3) is 0 Å². The molecule has 1 N–H and O–H groups in total. The molecule has 0 saturated heterocycles. The number of ether oxygens (including phenoxy) is 1. The fourth-order valence-electron chi connectivity index (χ4n) is 1.28. The van der Waals surface area contributed by atoms with Crippen LogP contribution in [-0.2, 0) is 10.0 Å². The standard InChI is InChI=1S/C9H11N3O5S/c1-18(15,16)11-9-4-7(12(13)14)8(5-10-9)17-6-2-3-6/h4-6H,2-3H2,1H3,(H,10,11).